The molecule has 1 heterocycles. The topological polar surface area (TPSA) is 43.8 Å². The molecule has 0 saturated heterocycles. The van der Waals surface area contributed by atoms with Crippen LogP contribution in [0.5, 0.6) is 0 Å². The van der Waals surface area contributed by atoms with Crippen LogP contribution in [0, 0.1) is 11.6 Å². The largest absolute Gasteiger partial charge is 0.324 e. The highest BCUT2D eigenvalue weighted by Gasteiger charge is 2.11. The summed E-state index contributed by atoms with van der Waals surface area (Å²) in [4.78, 5) is 0. The molecule has 2 aromatic rings. The maximum absolute atomic E-state index is 13.0. The molecule has 3 nitrogen and oxygen atoms in total. The van der Waals surface area contributed by atoms with Crippen LogP contribution in [0.3, 0.4) is 0 Å². The fraction of sp³-hybridized carbons (Fsp3) is 0.250. The molecule has 0 amide bonds. The van der Waals surface area contributed by atoms with E-state index in [2.05, 4.69) is 5.10 Å². The van der Waals surface area contributed by atoms with Crippen LogP contribution < -0.4 is 5.73 Å². The molecule has 0 bridgehead atoms. The molecule has 1 aromatic heterocycles. The van der Waals surface area contributed by atoms with E-state index in [0.717, 1.165) is 17.8 Å². The molecule has 0 fully saturated rings. The molecule has 1 unspecified atom stereocenters. The molecule has 5 heteroatoms. The number of aromatic nitrogens is 2. The molecule has 2 N–H and O–H groups in total. The van der Waals surface area contributed by atoms with Crippen LogP contribution in [0.15, 0.2) is 30.5 Å². The fourth-order valence-electron chi connectivity index (χ4n) is 1.66. The van der Waals surface area contributed by atoms with E-state index in [4.69, 9.17) is 5.73 Å². The number of nitrogens with zero attached hydrogens (tertiary/aromatic N) is 2. The number of hydrogen-bond donors (Lipinski definition) is 1. The van der Waals surface area contributed by atoms with Crippen molar-refractivity contribution in [1.29, 1.82) is 0 Å². The van der Waals surface area contributed by atoms with Crippen LogP contribution in [0.4, 0.5) is 8.78 Å². The summed E-state index contributed by atoms with van der Waals surface area (Å²) in [6.07, 6.45) is 2.30. The Morgan fingerprint density at radius 2 is 2.06 bits per heavy atom. The van der Waals surface area contributed by atoms with Crippen LogP contribution in [0.25, 0.3) is 0 Å². The summed E-state index contributed by atoms with van der Waals surface area (Å²) >= 11 is 0. The highest BCUT2D eigenvalue weighted by Crippen LogP contribution is 2.17. The lowest BCUT2D eigenvalue weighted by atomic mass is 10.0. The Kier molecular flexibility index (Phi) is 3.19. The lowest BCUT2D eigenvalue weighted by molar-refractivity contribution is 0.505. The van der Waals surface area contributed by atoms with Crippen molar-refractivity contribution in [3.63, 3.8) is 0 Å². The first-order chi connectivity index (χ1) is 8.06. The molecule has 0 radical (unpaired) electrons. The summed E-state index contributed by atoms with van der Waals surface area (Å²) in [7, 11) is 1.81. The molecule has 17 heavy (non-hydrogen) atoms. The van der Waals surface area contributed by atoms with Crippen molar-refractivity contribution in [2.75, 3.05) is 0 Å². The van der Waals surface area contributed by atoms with Crippen LogP contribution in [0.1, 0.15) is 17.3 Å². The minimum atomic E-state index is -0.876. The highest BCUT2D eigenvalue weighted by atomic mass is 19.2. The molecular formula is C12H13F2N3. The van der Waals surface area contributed by atoms with Gasteiger partial charge in [-0.3, -0.25) is 4.68 Å². The van der Waals surface area contributed by atoms with Gasteiger partial charge in [0.25, 0.3) is 0 Å². The van der Waals surface area contributed by atoms with E-state index in [-0.39, 0.29) is 6.04 Å². The zero-order valence-electron chi connectivity index (χ0n) is 9.40. The maximum Gasteiger partial charge on any atom is 0.159 e. The van der Waals surface area contributed by atoms with Crippen molar-refractivity contribution < 1.29 is 8.78 Å². The molecular weight excluding hydrogens is 224 g/mol. The first-order valence-corrected chi connectivity index (χ1v) is 5.25. The second kappa shape index (κ2) is 4.63. The van der Waals surface area contributed by atoms with Crippen LogP contribution in [-0.2, 0) is 13.5 Å². The predicted molar refractivity (Wildman–Crippen MR) is 60.2 cm³/mol. The lowest BCUT2D eigenvalue weighted by Gasteiger charge is -2.10. The van der Waals surface area contributed by atoms with Gasteiger partial charge in [-0.05, 0) is 23.8 Å². The van der Waals surface area contributed by atoms with Crippen LogP contribution >= 0.6 is 0 Å². The first-order valence-electron chi connectivity index (χ1n) is 5.25. The summed E-state index contributed by atoms with van der Waals surface area (Å²) in [5.74, 6) is -1.74. The van der Waals surface area contributed by atoms with Gasteiger partial charge in [0, 0.05) is 25.7 Å². The van der Waals surface area contributed by atoms with E-state index in [1.165, 1.54) is 6.07 Å². The molecule has 1 aromatic carbocycles. The van der Waals surface area contributed by atoms with Crippen LogP contribution in [0.2, 0.25) is 0 Å². The normalized spacial score (nSPS) is 12.7. The van der Waals surface area contributed by atoms with Gasteiger partial charge in [0.2, 0.25) is 0 Å². The van der Waals surface area contributed by atoms with Crippen molar-refractivity contribution in [2.24, 2.45) is 12.8 Å². The van der Waals surface area contributed by atoms with Gasteiger partial charge in [-0.2, -0.15) is 5.10 Å². The Bertz CT molecular complexity index is 522. The third-order valence-electron chi connectivity index (χ3n) is 2.57. The Hall–Kier alpha value is -1.75. The molecule has 1 atom stereocenters. The second-order valence-electron chi connectivity index (χ2n) is 3.96. The molecule has 2 rings (SSSR count). The van der Waals surface area contributed by atoms with Gasteiger partial charge in [-0.25, -0.2) is 8.78 Å². The Labute approximate surface area is 97.9 Å². The quantitative estimate of drug-likeness (QED) is 0.886. The van der Waals surface area contributed by atoms with Gasteiger partial charge in [0.05, 0.1) is 5.69 Å². The Morgan fingerprint density at radius 1 is 1.29 bits per heavy atom. The van der Waals surface area contributed by atoms with Crippen molar-refractivity contribution in [1.82, 2.24) is 9.78 Å². The summed E-state index contributed by atoms with van der Waals surface area (Å²) < 4.78 is 27.5. The molecule has 0 spiro atoms. The van der Waals surface area contributed by atoms with E-state index in [1.54, 1.807) is 4.68 Å². The van der Waals surface area contributed by atoms with Gasteiger partial charge >= 0.3 is 0 Å². The zero-order chi connectivity index (χ0) is 12.4. The minimum absolute atomic E-state index is 0.389. The molecule has 0 saturated carbocycles. The average Bonchev–Trinajstić information content (AvgIpc) is 2.68. The Balaban J connectivity index is 2.14. The van der Waals surface area contributed by atoms with Gasteiger partial charge in [0.15, 0.2) is 11.6 Å². The monoisotopic (exact) mass is 237 g/mol. The number of benzene rings is 1. The summed E-state index contributed by atoms with van der Waals surface area (Å²) in [6.45, 7) is 0. The van der Waals surface area contributed by atoms with E-state index in [0.29, 0.717) is 12.0 Å². The zero-order valence-corrected chi connectivity index (χ0v) is 9.40. The third-order valence-corrected chi connectivity index (χ3v) is 2.57. The summed E-state index contributed by atoms with van der Waals surface area (Å²) in [6, 6.07) is 5.16. The molecule has 0 aliphatic heterocycles. The number of hydrogen-bond acceptors (Lipinski definition) is 2. The third kappa shape index (κ3) is 2.68. The van der Waals surface area contributed by atoms with Crippen molar-refractivity contribution >= 4 is 0 Å². The standard InChI is InChI=1S/C12H13F2N3/c1-17-5-4-9(16-17)7-12(15)8-2-3-10(13)11(14)6-8/h2-6,12H,7,15H2,1H3. The summed E-state index contributed by atoms with van der Waals surface area (Å²) in [5.41, 5.74) is 7.31. The lowest BCUT2D eigenvalue weighted by Crippen LogP contribution is -2.14. The van der Waals surface area contributed by atoms with Gasteiger partial charge in [0.1, 0.15) is 0 Å². The van der Waals surface area contributed by atoms with Crippen molar-refractivity contribution in [2.45, 2.75) is 12.5 Å². The highest BCUT2D eigenvalue weighted by molar-refractivity contribution is 5.22. The second-order valence-corrected chi connectivity index (χ2v) is 3.96. The maximum atomic E-state index is 13.0. The van der Waals surface area contributed by atoms with Gasteiger partial charge in [-0.15, -0.1) is 0 Å². The number of rotatable bonds is 3. The minimum Gasteiger partial charge on any atom is -0.324 e. The van der Waals surface area contributed by atoms with Crippen molar-refractivity contribution in [3.8, 4) is 0 Å². The van der Waals surface area contributed by atoms with Gasteiger partial charge < -0.3 is 5.73 Å². The van der Waals surface area contributed by atoms with E-state index >= 15 is 0 Å². The molecule has 0 aliphatic carbocycles. The average molecular weight is 237 g/mol. The fourth-order valence-corrected chi connectivity index (χ4v) is 1.66. The summed E-state index contributed by atoms with van der Waals surface area (Å²) in [5, 5.41) is 4.18. The number of nitrogens with two attached hydrogens (primary N) is 1. The molecule has 90 valence electrons. The SMILES string of the molecule is Cn1ccc(CC(N)c2ccc(F)c(F)c2)n1. The Morgan fingerprint density at radius 3 is 2.65 bits per heavy atom. The van der Waals surface area contributed by atoms with E-state index < -0.39 is 11.6 Å². The predicted octanol–water partition coefficient (Wildman–Crippen LogP) is 1.94. The van der Waals surface area contributed by atoms with Crippen molar-refractivity contribution in [3.05, 3.63) is 53.4 Å². The van der Waals surface area contributed by atoms with E-state index in [1.807, 2.05) is 19.3 Å². The van der Waals surface area contributed by atoms with Gasteiger partial charge in [-0.1, -0.05) is 6.07 Å². The molecule has 0 aliphatic rings. The number of aryl methyl sites for hydroxylation is 1. The van der Waals surface area contributed by atoms with Crippen LogP contribution in [-0.4, -0.2) is 9.78 Å². The first kappa shape index (κ1) is 11.7. The van der Waals surface area contributed by atoms with E-state index in [9.17, 15) is 8.78 Å². The smallest absolute Gasteiger partial charge is 0.159 e. The number of halogens is 2.